The van der Waals surface area contributed by atoms with Gasteiger partial charge in [-0.3, -0.25) is 0 Å². The second kappa shape index (κ2) is 48.8. The molecule has 0 saturated heterocycles. The standard InChI is InChI=1S/C3H8O.C2H6N.2ClH.Ti/c1-2-3-4;1-3-2;;;/h4H,2-3H2,1H3;1-2H3;2*1H;/q;-1;;;. The monoisotopic (exact) mass is 224 g/mol. The Morgan fingerprint density at radius 3 is 1.30 bits per heavy atom. The number of rotatable bonds is 1. The van der Waals surface area contributed by atoms with E-state index in [1.807, 2.05) is 6.92 Å². The van der Waals surface area contributed by atoms with Gasteiger partial charge in [0.1, 0.15) is 0 Å². The molecule has 0 aliphatic carbocycles. The van der Waals surface area contributed by atoms with Crippen LogP contribution in [-0.4, -0.2) is 25.8 Å². The number of aliphatic hydroxyl groups is 1. The SMILES string of the molecule is CCCO.C[N-]C.Cl.Cl.[Ti]. The molecule has 0 aromatic heterocycles. The van der Waals surface area contributed by atoms with Gasteiger partial charge < -0.3 is 10.4 Å². The zero-order valence-electron chi connectivity index (χ0n) is 6.63. The van der Waals surface area contributed by atoms with Gasteiger partial charge in [0.2, 0.25) is 0 Å². The van der Waals surface area contributed by atoms with Crippen LogP contribution >= 0.6 is 24.8 Å². The molecule has 0 aromatic rings. The predicted octanol–water partition coefficient (Wildman–Crippen LogP) is 1.85. The minimum atomic E-state index is 0. The van der Waals surface area contributed by atoms with Crippen molar-refractivity contribution in [3.63, 3.8) is 0 Å². The molecular weight excluding hydrogens is 209 g/mol. The third-order valence-electron chi connectivity index (χ3n) is 0.224. The van der Waals surface area contributed by atoms with Crippen molar-refractivity contribution in [1.29, 1.82) is 0 Å². The van der Waals surface area contributed by atoms with Crippen LogP contribution in [0.2, 0.25) is 0 Å². The maximum atomic E-state index is 7.88. The van der Waals surface area contributed by atoms with Crippen molar-refractivity contribution in [2.75, 3.05) is 20.7 Å². The topological polar surface area (TPSA) is 34.3 Å². The van der Waals surface area contributed by atoms with Crippen LogP contribution in [0.4, 0.5) is 0 Å². The Morgan fingerprint density at radius 2 is 1.30 bits per heavy atom. The Hall–Kier alpha value is 1.21. The summed E-state index contributed by atoms with van der Waals surface area (Å²) in [6, 6.07) is 0. The van der Waals surface area contributed by atoms with Gasteiger partial charge in [0.05, 0.1) is 0 Å². The Morgan fingerprint density at radius 1 is 1.20 bits per heavy atom. The van der Waals surface area contributed by atoms with Crippen molar-refractivity contribution in [3.8, 4) is 0 Å². The van der Waals surface area contributed by atoms with Crippen molar-refractivity contribution >= 4 is 24.8 Å². The number of halogens is 2. The first kappa shape index (κ1) is 30.3. The van der Waals surface area contributed by atoms with Gasteiger partial charge in [-0.2, -0.15) is 14.1 Å². The molecule has 66 valence electrons. The number of hydrogen-bond acceptors (Lipinski definition) is 1. The fourth-order valence-corrected chi connectivity index (χ4v) is 0. The number of hydrogen-bond donors (Lipinski definition) is 1. The van der Waals surface area contributed by atoms with Gasteiger partial charge in [-0.15, -0.1) is 24.8 Å². The molecule has 0 unspecified atom stereocenters. The molecule has 0 amide bonds. The molecule has 1 N–H and O–H groups in total. The van der Waals surface area contributed by atoms with E-state index in [2.05, 4.69) is 5.32 Å². The molecule has 0 spiro atoms. The maximum absolute atomic E-state index is 7.88. The van der Waals surface area contributed by atoms with Crippen LogP contribution in [-0.2, 0) is 21.7 Å². The van der Waals surface area contributed by atoms with E-state index < -0.39 is 0 Å². The summed E-state index contributed by atoms with van der Waals surface area (Å²) in [5, 5.41) is 11.4. The molecule has 0 heterocycles. The van der Waals surface area contributed by atoms with Gasteiger partial charge in [-0.1, -0.05) is 6.92 Å². The molecule has 10 heavy (non-hydrogen) atoms. The van der Waals surface area contributed by atoms with E-state index in [1.165, 1.54) is 0 Å². The molecule has 0 saturated carbocycles. The van der Waals surface area contributed by atoms with Crippen LogP contribution in [0.3, 0.4) is 0 Å². The van der Waals surface area contributed by atoms with Gasteiger partial charge in [0, 0.05) is 28.3 Å². The van der Waals surface area contributed by atoms with Gasteiger partial charge in [0.25, 0.3) is 0 Å². The Bertz CT molecular complexity index is 27.1. The molecule has 0 aromatic carbocycles. The van der Waals surface area contributed by atoms with Crippen molar-refractivity contribution in [1.82, 2.24) is 0 Å². The summed E-state index contributed by atoms with van der Waals surface area (Å²) in [4.78, 5) is 0. The first-order valence-electron chi connectivity index (χ1n) is 2.42. The molecule has 0 aliphatic heterocycles. The van der Waals surface area contributed by atoms with E-state index in [0.717, 1.165) is 6.42 Å². The summed E-state index contributed by atoms with van der Waals surface area (Å²) in [5.74, 6) is 0. The van der Waals surface area contributed by atoms with Crippen molar-refractivity contribution in [2.24, 2.45) is 0 Å². The molecule has 0 atom stereocenters. The van der Waals surface area contributed by atoms with E-state index in [9.17, 15) is 0 Å². The first-order chi connectivity index (χ1) is 3.33. The van der Waals surface area contributed by atoms with Crippen LogP contribution in [0.15, 0.2) is 0 Å². The summed E-state index contributed by atoms with van der Waals surface area (Å²) < 4.78 is 0. The first-order valence-corrected chi connectivity index (χ1v) is 2.42. The number of nitrogens with zero attached hydrogens (tertiary/aromatic N) is 1. The normalized spacial score (nSPS) is 4.80. The fourth-order valence-electron chi connectivity index (χ4n) is 0. The molecule has 2 nitrogen and oxygen atoms in total. The summed E-state index contributed by atoms with van der Waals surface area (Å²) in [7, 11) is 3.50. The molecule has 5 heteroatoms. The van der Waals surface area contributed by atoms with Crippen LogP contribution < -0.4 is 0 Å². The third kappa shape index (κ3) is 127. The van der Waals surface area contributed by atoms with Crippen LogP contribution in [0.1, 0.15) is 13.3 Å². The van der Waals surface area contributed by atoms with E-state index >= 15 is 0 Å². The summed E-state index contributed by atoms with van der Waals surface area (Å²) in [6.07, 6.45) is 0.875. The van der Waals surface area contributed by atoms with Gasteiger partial charge in [-0.25, -0.2) is 0 Å². The van der Waals surface area contributed by atoms with E-state index in [-0.39, 0.29) is 46.5 Å². The molecule has 0 fully saturated rings. The smallest absolute Gasteiger partial charge is 0.0428 e. The second-order valence-electron chi connectivity index (χ2n) is 1.17. The average Bonchev–Trinajstić information content (AvgIpc) is 1.69. The minimum Gasteiger partial charge on any atom is -0.668 e. The predicted molar refractivity (Wildman–Crippen MR) is 47.1 cm³/mol. The molecule has 0 rings (SSSR count). The van der Waals surface area contributed by atoms with Crippen LogP contribution in [0, 0.1) is 0 Å². The zero-order valence-corrected chi connectivity index (χ0v) is 9.82. The Kier molecular flexibility index (Phi) is 148. The second-order valence-corrected chi connectivity index (χ2v) is 1.17. The fraction of sp³-hybridized carbons (Fsp3) is 1.00. The van der Waals surface area contributed by atoms with Crippen molar-refractivity contribution in [2.45, 2.75) is 13.3 Å². The van der Waals surface area contributed by atoms with Crippen molar-refractivity contribution in [3.05, 3.63) is 5.32 Å². The van der Waals surface area contributed by atoms with E-state index in [0.29, 0.717) is 6.61 Å². The van der Waals surface area contributed by atoms with Crippen molar-refractivity contribution < 1.29 is 26.8 Å². The molecule has 0 aliphatic rings. The minimum absolute atomic E-state index is 0. The van der Waals surface area contributed by atoms with E-state index in [4.69, 9.17) is 5.11 Å². The summed E-state index contributed by atoms with van der Waals surface area (Å²) in [5.41, 5.74) is 0. The van der Waals surface area contributed by atoms with Gasteiger partial charge in [0.15, 0.2) is 0 Å². The summed E-state index contributed by atoms with van der Waals surface area (Å²) >= 11 is 0. The Labute approximate surface area is 90.9 Å². The number of aliphatic hydroxyl groups excluding tert-OH is 1. The maximum Gasteiger partial charge on any atom is 0.0428 e. The molecule has 0 bridgehead atoms. The van der Waals surface area contributed by atoms with Gasteiger partial charge >= 0.3 is 0 Å². The van der Waals surface area contributed by atoms with Crippen LogP contribution in [0.25, 0.3) is 5.32 Å². The average molecular weight is 225 g/mol. The van der Waals surface area contributed by atoms with Crippen LogP contribution in [0.5, 0.6) is 0 Å². The van der Waals surface area contributed by atoms with E-state index in [1.54, 1.807) is 14.1 Å². The summed E-state index contributed by atoms with van der Waals surface area (Å²) in [6.45, 7) is 2.25. The third-order valence-corrected chi connectivity index (χ3v) is 0.224. The molecule has 0 radical (unpaired) electrons. The quantitative estimate of drug-likeness (QED) is 0.678. The molecular formula is C5H16Cl2NOTi-. The van der Waals surface area contributed by atoms with Gasteiger partial charge in [-0.05, 0) is 6.42 Å². The zero-order chi connectivity index (χ0) is 6.12. The largest absolute Gasteiger partial charge is 0.668 e. The Balaban J connectivity index is -0.0000000131.